The van der Waals surface area contributed by atoms with Gasteiger partial charge in [-0.15, -0.1) is 0 Å². The van der Waals surface area contributed by atoms with Crippen molar-refractivity contribution < 1.29 is 9.90 Å². The lowest BCUT2D eigenvalue weighted by atomic mass is 9.47. The number of aliphatic hydroxyl groups excluding tert-OH is 1. The van der Waals surface area contributed by atoms with Crippen LogP contribution in [0.15, 0.2) is 11.6 Å². The Hall–Kier alpha value is -1.07. The summed E-state index contributed by atoms with van der Waals surface area (Å²) < 4.78 is 0. The van der Waals surface area contributed by atoms with Gasteiger partial charge in [0.1, 0.15) is 6.61 Å². The van der Waals surface area contributed by atoms with Crippen molar-refractivity contribution in [3.8, 4) is 11.8 Å². The fourth-order valence-electron chi connectivity index (χ4n) is 6.97. The lowest BCUT2D eigenvalue weighted by Crippen LogP contribution is -2.50. The van der Waals surface area contributed by atoms with Crippen molar-refractivity contribution in [1.82, 2.24) is 0 Å². The van der Waals surface area contributed by atoms with Crippen molar-refractivity contribution in [2.24, 2.45) is 34.5 Å². The van der Waals surface area contributed by atoms with Crippen LogP contribution in [-0.4, -0.2) is 17.5 Å². The van der Waals surface area contributed by atoms with Gasteiger partial charge in [-0.05, 0) is 79.6 Å². The Morgan fingerprint density at radius 1 is 1.12 bits per heavy atom. The van der Waals surface area contributed by atoms with Gasteiger partial charge >= 0.3 is 0 Å². The lowest BCUT2D eigenvalue weighted by Gasteiger charge is -2.57. The fourth-order valence-corrected chi connectivity index (χ4v) is 6.97. The van der Waals surface area contributed by atoms with Crippen LogP contribution in [0.2, 0.25) is 0 Å². The fraction of sp³-hybridized carbons (Fsp3) is 0.773. The summed E-state index contributed by atoms with van der Waals surface area (Å²) in [6.45, 7) is 4.90. The van der Waals surface area contributed by atoms with Crippen molar-refractivity contribution in [2.75, 3.05) is 6.61 Å². The normalized spacial score (nSPS) is 47.0. The largest absolute Gasteiger partial charge is 0.384 e. The molecule has 0 unspecified atom stereocenters. The minimum atomic E-state index is -0.0104. The second-order valence-electron chi connectivity index (χ2n) is 9.12. The monoisotopic (exact) mass is 326 g/mol. The first-order valence-corrected chi connectivity index (χ1v) is 9.82. The van der Waals surface area contributed by atoms with E-state index >= 15 is 0 Å². The van der Waals surface area contributed by atoms with Crippen LogP contribution in [0.3, 0.4) is 0 Å². The van der Waals surface area contributed by atoms with Crippen LogP contribution < -0.4 is 0 Å². The summed E-state index contributed by atoms with van der Waals surface area (Å²) in [5.74, 6) is 9.48. The number of ketones is 1. The molecular weight excluding hydrogens is 296 g/mol. The van der Waals surface area contributed by atoms with Crippen LogP contribution in [0.4, 0.5) is 0 Å². The first-order valence-electron chi connectivity index (χ1n) is 9.82. The predicted molar refractivity (Wildman–Crippen MR) is 95.1 cm³/mol. The average molecular weight is 326 g/mol. The van der Waals surface area contributed by atoms with Gasteiger partial charge in [0.2, 0.25) is 0 Å². The maximum absolute atomic E-state index is 11.9. The Labute approximate surface area is 146 Å². The van der Waals surface area contributed by atoms with Gasteiger partial charge in [-0.25, -0.2) is 0 Å². The van der Waals surface area contributed by atoms with Crippen molar-refractivity contribution in [3.63, 3.8) is 0 Å². The van der Waals surface area contributed by atoms with E-state index in [1.54, 1.807) is 0 Å². The second-order valence-corrected chi connectivity index (χ2v) is 9.12. The molecule has 0 amide bonds. The molecule has 0 aromatic carbocycles. The van der Waals surface area contributed by atoms with Crippen molar-refractivity contribution in [1.29, 1.82) is 0 Å². The van der Waals surface area contributed by atoms with Gasteiger partial charge in [-0.3, -0.25) is 4.79 Å². The third kappa shape index (κ3) is 2.24. The number of carbonyl (C=O) groups is 1. The molecule has 1 N–H and O–H groups in total. The Morgan fingerprint density at radius 3 is 2.75 bits per heavy atom. The van der Waals surface area contributed by atoms with Gasteiger partial charge < -0.3 is 5.11 Å². The molecule has 0 aromatic heterocycles. The van der Waals surface area contributed by atoms with Crippen molar-refractivity contribution in [3.05, 3.63) is 11.6 Å². The van der Waals surface area contributed by atoms with Crippen LogP contribution >= 0.6 is 0 Å². The van der Waals surface area contributed by atoms with Crippen LogP contribution in [0, 0.1) is 46.3 Å². The first kappa shape index (κ1) is 16.4. The highest BCUT2D eigenvalue weighted by molar-refractivity contribution is 5.91. The zero-order chi connectivity index (χ0) is 16.9. The third-order valence-electron chi connectivity index (χ3n) is 8.32. The molecule has 0 spiro atoms. The van der Waals surface area contributed by atoms with E-state index < -0.39 is 0 Å². The molecule has 4 aliphatic carbocycles. The van der Waals surface area contributed by atoms with Crippen LogP contribution in [-0.2, 0) is 4.79 Å². The maximum atomic E-state index is 11.9. The number of hydrogen-bond acceptors (Lipinski definition) is 2. The van der Waals surface area contributed by atoms with Gasteiger partial charge in [0, 0.05) is 12.3 Å². The van der Waals surface area contributed by atoms with Crippen LogP contribution in [0.1, 0.15) is 65.2 Å². The van der Waals surface area contributed by atoms with E-state index in [1.165, 1.54) is 37.7 Å². The molecule has 0 aromatic rings. The summed E-state index contributed by atoms with van der Waals surface area (Å²) >= 11 is 0. The van der Waals surface area contributed by atoms with Gasteiger partial charge in [-0.1, -0.05) is 31.3 Å². The zero-order valence-corrected chi connectivity index (χ0v) is 15.1. The molecular formula is C22H30O2. The molecule has 6 atom stereocenters. The van der Waals surface area contributed by atoms with E-state index in [1.807, 2.05) is 6.08 Å². The zero-order valence-electron chi connectivity index (χ0n) is 15.1. The molecule has 2 nitrogen and oxygen atoms in total. The van der Waals surface area contributed by atoms with E-state index in [0.29, 0.717) is 17.1 Å². The number of carbonyl (C=O) groups excluding carboxylic acids is 1. The van der Waals surface area contributed by atoms with Gasteiger partial charge in [0.25, 0.3) is 0 Å². The SMILES string of the molecule is C[C@]12CC[C@H]3[C@@H](CCC4=CC(=O)CC[C@@]43C)[C@@H]1CC[C@H]2C#CCO. The second kappa shape index (κ2) is 5.73. The quantitative estimate of drug-likeness (QED) is 0.680. The molecule has 0 bridgehead atoms. The molecule has 2 heteroatoms. The molecule has 0 radical (unpaired) electrons. The highest BCUT2D eigenvalue weighted by Gasteiger charge is 2.58. The number of hydrogen-bond donors (Lipinski definition) is 1. The summed E-state index contributed by atoms with van der Waals surface area (Å²) in [5, 5.41) is 9.07. The third-order valence-corrected chi connectivity index (χ3v) is 8.32. The number of rotatable bonds is 0. The van der Waals surface area contributed by atoms with E-state index in [2.05, 4.69) is 25.7 Å². The molecule has 3 saturated carbocycles. The summed E-state index contributed by atoms with van der Waals surface area (Å²) in [7, 11) is 0. The molecule has 0 heterocycles. The minimum absolute atomic E-state index is 0.0104. The average Bonchev–Trinajstić information content (AvgIpc) is 2.90. The van der Waals surface area contributed by atoms with E-state index in [0.717, 1.165) is 37.0 Å². The van der Waals surface area contributed by atoms with Gasteiger partial charge in [0.15, 0.2) is 5.78 Å². The lowest BCUT2D eigenvalue weighted by molar-refractivity contribution is -0.117. The molecule has 24 heavy (non-hydrogen) atoms. The number of aliphatic hydroxyl groups is 1. The molecule has 4 aliphatic rings. The molecule has 4 rings (SSSR count). The Morgan fingerprint density at radius 2 is 1.96 bits per heavy atom. The van der Waals surface area contributed by atoms with E-state index in [-0.39, 0.29) is 12.0 Å². The number of fused-ring (bicyclic) bond motifs is 5. The number of allylic oxidation sites excluding steroid dienone is 1. The Kier molecular flexibility index (Phi) is 3.92. The highest BCUT2D eigenvalue weighted by Crippen LogP contribution is 2.66. The van der Waals surface area contributed by atoms with Crippen molar-refractivity contribution >= 4 is 5.78 Å². The molecule has 0 aliphatic heterocycles. The maximum Gasteiger partial charge on any atom is 0.155 e. The molecule has 0 saturated heterocycles. The smallest absolute Gasteiger partial charge is 0.155 e. The van der Waals surface area contributed by atoms with E-state index in [9.17, 15) is 4.79 Å². The Balaban J connectivity index is 1.63. The standard InChI is InChI=1S/C22H30O2/c1-21-12-10-20-18(19(21)8-6-15(21)4-3-13-23)7-5-16-14-17(24)9-11-22(16,20)2/h14-15,18-20,23H,5-13H2,1-2H3/t15-,18+,19+,20+,21-,22+/m1/s1. The summed E-state index contributed by atoms with van der Waals surface area (Å²) in [4.78, 5) is 11.9. The summed E-state index contributed by atoms with van der Waals surface area (Å²) in [6.07, 6.45) is 11.3. The van der Waals surface area contributed by atoms with Crippen LogP contribution in [0.25, 0.3) is 0 Å². The van der Waals surface area contributed by atoms with Gasteiger partial charge in [0.05, 0.1) is 0 Å². The van der Waals surface area contributed by atoms with Gasteiger partial charge in [-0.2, -0.15) is 0 Å². The van der Waals surface area contributed by atoms with E-state index in [4.69, 9.17) is 5.11 Å². The highest BCUT2D eigenvalue weighted by atomic mass is 16.2. The van der Waals surface area contributed by atoms with Crippen LogP contribution in [0.5, 0.6) is 0 Å². The van der Waals surface area contributed by atoms with Crippen molar-refractivity contribution in [2.45, 2.75) is 65.2 Å². The molecule has 130 valence electrons. The summed E-state index contributed by atoms with van der Waals surface area (Å²) in [5.41, 5.74) is 2.07. The predicted octanol–water partition coefficient (Wildman–Crippen LogP) is 4.13. The first-order chi connectivity index (χ1) is 11.5. The topological polar surface area (TPSA) is 37.3 Å². The Bertz CT molecular complexity index is 636. The molecule has 3 fully saturated rings. The minimum Gasteiger partial charge on any atom is -0.384 e. The summed E-state index contributed by atoms with van der Waals surface area (Å²) in [6, 6.07) is 0.